The molecule has 3 rings (SSSR count). The van der Waals surface area contributed by atoms with Gasteiger partial charge in [0.15, 0.2) is 6.61 Å². The Morgan fingerprint density at radius 2 is 2.18 bits per heavy atom. The Labute approximate surface area is 133 Å². The first kappa shape index (κ1) is 15.6. The van der Waals surface area contributed by atoms with Crippen molar-refractivity contribution in [3.05, 3.63) is 28.8 Å². The third kappa shape index (κ3) is 3.20. The Hall–Kier alpha value is -1.34. The fraction of sp³-hybridized carbons (Fsp3) is 0.533. The molecule has 0 saturated carbocycles. The number of rotatable bonds is 4. The Kier molecular flexibility index (Phi) is 4.54. The van der Waals surface area contributed by atoms with Crippen LogP contribution in [0.25, 0.3) is 0 Å². The Balaban J connectivity index is 1.51. The summed E-state index contributed by atoms with van der Waals surface area (Å²) in [6.07, 6.45) is -1.28. The minimum Gasteiger partial charge on any atom is -0.484 e. The Morgan fingerprint density at radius 1 is 1.41 bits per heavy atom. The maximum absolute atomic E-state index is 12.0. The molecular formula is C15H18ClNO5. The van der Waals surface area contributed by atoms with Crippen molar-refractivity contribution in [3.63, 3.8) is 0 Å². The molecule has 1 amide bonds. The molecular weight excluding hydrogens is 310 g/mol. The number of hydrogen-bond donors (Lipinski definition) is 2. The van der Waals surface area contributed by atoms with Gasteiger partial charge in [-0.2, -0.15) is 0 Å². The number of halogens is 1. The maximum atomic E-state index is 12.0. The number of carbonyl (C=O) groups is 1. The van der Waals surface area contributed by atoms with E-state index in [0.717, 1.165) is 5.56 Å². The largest absolute Gasteiger partial charge is 0.484 e. The fourth-order valence-electron chi connectivity index (χ4n) is 2.77. The van der Waals surface area contributed by atoms with Gasteiger partial charge in [-0.15, -0.1) is 0 Å². The lowest BCUT2D eigenvalue weighted by atomic mass is 10.1. The molecule has 0 unspecified atom stereocenters. The summed E-state index contributed by atoms with van der Waals surface area (Å²) in [5, 5.41) is 13.1. The average Bonchev–Trinajstić information content (AvgIpc) is 3.02. The first-order valence-electron chi connectivity index (χ1n) is 7.14. The molecule has 2 aliphatic rings. The van der Waals surface area contributed by atoms with E-state index in [2.05, 4.69) is 5.32 Å². The fourth-order valence-corrected chi connectivity index (χ4v) is 3.00. The molecule has 1 aromatic carbocycles. The highest BCUT2D eigenvalue weighted by molar-refractivity contribution is 6.30. The monoisotopic (exact) mass is 327 g/mol. The van der Waals surface area contributed by atoms with E-state index < -0.39 is 6.10 Å². The van der Waals surface area contributed by atoms with E-state index in [-0.39, 0.29) is 37.4 Å². The zero-order valence-corrected chi connectivity index (χ0v) is 12.9. The number of carbonyl (C=O) groups excluding carboxylic acids is 1. The second kappa shape index (κ2) is 6.42. The zero-order valence-electron chi connectivity index (χ0n) is 12.1. The Morgan fingerprint density at radius 3 is 2.95 bits per heavy atom. The molecule has 0 bridgehead atoms. The number of fused-ring (bicyclic) bond motifs is 1. The summed E-state index contributed by atoms with van der Waals surface area (Å²) in [6.45, 7) is 2.33. The summed E-state index contributed by atoms with van der Waals surface area (Å²) in [4.78, 5) is 12.0. The maximum Gasteiger partial charge on any atom is 0.258 e. The van der Waals surface area contributed by atoms with Gasteiger partial charge in [0, 0.05) is 5.02 Å². The molecule has 22 heavy (non-hydrogen) atoms. The van der Waals surface area contributed by atoms with E-state index in [1.54, 1.807) is 18.2 Å². The lowest BCUT2D eigenvalue weighted by Crippen LogP contribution is -2.45. The highest BCUT2D eigenvalue weighted by atomic mass is 35.5. The van der Waals surface area contributed by atoms with Crippen molar-refractivity contribution in [2.75, 3.05) is 19.8 Å². The van der Waals surface area contributed by atoms with Gasteiger partial charge < -0.3 is 24.6 Å². The minimum atomic E-state index is -0.625. The van der Waals surface area contributed by atoms with Gasteiger partial charge >= 0.3 is 0 Å². The minimum absolute atomic E-state index is 0.0983. The molecule has 2 saturated heterocycles. The number of ether oxygens (including phenoxy) is 3. The molecule has 0 aromatic heterocycles. The third-order valence-electron chi connectivity index (χ3n) is 3.87. The van der Waals surface area contributed by atoms with Crippen molar-refractivity contribution in [2.24, 2.45) is 0 Å². The van der Waals surface area contributed by atoms with E-state index >= 15 is 0 Å². The molecule has 0 aliphatic carbocycles. The van der Waals surface area contributed by atoms with Crippen LogP contribution >= 0.6 is 11.6 Å². The van der Waals surface area contributed by atoms with Crippen molar-refractivity contribution in [2.45, 2.75) is 31.3 Å². The van der Waals surface area contributed by atoms with Crippen LogP contribution in [-0.2, 0) is 14.3 Å². The van der Waals surface area contributed by atoms with Crippen molar-refractivity contribution < 1.29 is 24.1 Å². The summed E-state index contributed by atoms with van der Waals surface area (Å²) in [5.74, 6) is 0.362. The molecule has 120 valence electrons. The summed E-state index contributed by atoms with van der Waals surface area (Å²) < 4.78 is 16.4. The molecule has 0 radical (unpaired) electrons. The highest BCUT2D eigenvalue weighted by Crippen LogP contribution is 2.27. The highest BCUT2D eigenvalue weighted by Gasteiger charge is 2.47. The predicted molar refractivity (Wildman–Crippen MR) is 79.1 cm³/mol. The van der Waals surface area contributed by atoms with Crippen molar-refractivity contribution in [3.8, 4) is 5.75 Å². The van der Waals surface area contributed by atoms with E-state index in [4.69, 9.17) is 25.8 Å². The molecule has 2 N–H and O–H groups in total. The molecule has 2 aliphatic heterocycles. The van der Waals surface area contributed by atoms with Crippen molar-refractivity contribution in [1.82, 2.24) is 5.32 Å². The van der Waals surface area contributed by atoms with Crippen molar-refractivity contribution in [1.29, 1.82) is 0 Å². The van der Waals surface area contributed by atoms with Gasteiger partial charge in [0.25, 0.3) is 5.91 Å². The van der Waals surface area contributed by atoms with Crippen LogP contribution in [0, 0.1) is 6.92 Å². The lowest BCUT2D eigenvalue weighted by molar-refractivity contribution is -0.124. The van der Waals surface area contributed by atoms with Gasteiger partial charge in [-0.25, -0.2) is 0 Å². The van der Waals surface area contributed by atoms with Crippen LogP contribution in [0.3, 0.4) is 0 Å². The second-order valence-electron chi connectivity index (χ2n) is 5.54. The normalized spacial score (nSPS) is 30.1. The van der Waals surface area contributed by atoms with Crippen LogP contribution in [0.4, 0.5) is 0 Å². The van der Waals surface area contributed by atoms with Gasteiger partial charge in [0.1, 0.15) is 24.1 Å². The van der Waals surface area contributed by atoms with Gasteiger partial charge in [0.05, 0.1) is 19.3 Å². The first-order valence-corrected chi connectivity index (χ1v) is 7.52. The van der Waals surface area contributed by atoms with Gasteiger partial charge in [-0.05, 0) is 30.7 Å². The van der Waals surface area contributed by atoms with Crippen LogP contribution in [-0.4, -0.2) is 55.2 Å². The lowest BCUT2D eigenvalue weighted by Gasteiger charge is -2.17. The van der Waals surface area contributed by atoms with Crippen LogP contribution < -0.4 is 10.1 Å². The van der Waals surface area contributed by atoms with E-state index in [1.165, 1.54) is 0 Å². The Bertz CT molecular complexity index is 567. The molecule has 0 spiro atoms. The number of aryl methyl sites for hydroxylation is 1. The standard InChI is InChI=1S/C15H18ClNO5/c1-8-4-9(16)2-3-12(8)20-7-13(19)17-10-5-21-15-11(18)6-22-14(10)15/h2-4,10-11,14-15,18H,5-7H2,1H3,(H,17,19)/t10-,11+,14+,15+/m0/s1. The number of amides is 1. The molecule has 1 aromatic rings. The molecule has 2 heterocycles. The smallest absolute Gasteiger partial charge is 0.258 e. The van der Waals surface area contributed by atoms with Crippen LogP contribution in [0.2, 0.25) is 5.02 Å². The molecule has 4 atom stereocenters. The number of hydrogen-bond acceptors (Lipinski definition) is 5. The van der Waals surface area contributed by atoms with Crippen molar-refractivity contribution >= 4 is 17.5 Å². The number of benzene rings is 1. The quantitative estimate of drug-likeness (QED) is 0.850. The van der Waals surface area contributed by atoms with E-state index in [9.17, 15) is 9.90 Å². The summed E-state index contributed by atoms with van der Waals surface area (Å²) in [5.41, 5.74) is 0.867. The topological polar surface area (TPSA) is 77.0 Å². The molecule has 6 nitrogen and oxygen atoms in total. The zero-order chi connectivity index (χ0) is 15.7. The first-order chi connectivity index (χ1) is 10.5. The number of nitrogens with one attached hydrogen (secondary N) is 1. The van der Waals surface area contributed by atoms with Crippen LogP contribution in [0.1, 0.15) is 5.56 Å². The molecule has 7 heteroatoms. The summed E-state index contributed by atoms with van der Waals surface area (Å²) in [7, 11) is 0. The van der Waals surface area contributed by atoms with E-state index in [0.29, 0.717) is 17.4 Å². The van der Waals surface area contributed by atoms with Gasteiger partial charge in [-0.1, -0.05) is 11.6 Å². The summed E-state index contributed by atoms with van der Waals surface area (Å²) in [6, 6.07) is 4.96. The second-order valence-corrected chi connectivity index (χ2v) is 5.97. The molecule has 2 fully saturated rings. The van der Waals surface area contributed by atoms with Gasteiger partial charge in [-0.3, -0.25) is 4.79 Å². The van der Waals surface area contributed by atoms with Gasteiger partial charge in [0.2, 0.25) is 0 Å². The predicted octanol–water partition coefficient (Wildman–Crippen LogP) is 0.671. The van der Waals surface area contributed by atoms with Crippen LogP contribution in [0.5, 0.6) is 5.75 Å². The number of aliphatic hydroxyl groups excluding tert-OH is 1. The number of aliphatic hydroxyl groups is 1. The SMILES string of the molecule is Cc1cc(Cl)ccc1OCC(=O)N[C@H]1CO[C@H]2[C@@H]1OC[C@H]2O. The third-order valence-corrected chi connectivity index (χ3v) is 4.10. The summed E-state index contributed by atoms with van der Waals surface area (Å²) >= 11 is 5.87. The van der Waals surface area contributed by atoms with E-state index in [1.807, 2.05) is 6.92 Å². The van der Waals surface area contributed by atoms with Crippen LogP contribution in [0.15, 0.2) is 18.2 Å². The average molecular weight is 328 g/mol.